The summed E-state index contributed by atoms with van der Waals surface area (Å²) in [4.78, 5) is 0. The molecule has 0 spiro atoms. The Hall–Kier alpha value is -1.73. The van der Waals surface area contributed by atoms with Gasteiger partial charge in [0.2, 0.25) is 0 Å². The first kappa shape index (κ1) is 18.6. The maximum Gasteiger partial charge on any atom is 0.282 e. The van der Waals surface area contributed by atoms with Crippen LogP contribution < -0.4 is 0 Å². The average Bonchev–Trinajstić information content (AvgIpc) is 2.75. The van der Waals surface area contributed by atoms with Crippen LogP contribution in [0.5, 0.6) is 0 Å². The third-order valence-corrected chi connectivity index (χ3v) is 7.71. The van der Waals surface area contributed by atoms with Gasteiger partial charge in [0.05, 0.1) is 13.2 Å². The third kappa shape index (κ3) is 3.55. The predicted octanol–water partition coefficient (Wildman–Crippen LogP) is 2.65. The number of ether oxygens (including phenoxy) is 1. The summed E-state index contributed by atoms with van der Waals surface area (Å²) >= 11 is 0. The van der Waals surface area contributed by atoms with Crippen LogP contribution in [0.4, 0.5) is 0 Å². The number of rotatable bonds is 4. The molecule has 0 N–H and O–H groups in total. The Kier molecular flexibility index (Phi) is 5.32. The summed E-state index contributed by atoms with van der Waals surface area (Å²) in [5, 5.41) is 0. The van der Waals surface area contributed by atoms with Crippen LogP contribution in [0.1, 0.15) is 24.0 Å². The molecule has 27 heavy (non-hydrogen) atoms. The largest absolute Gasteiger partial charge is 0.379 e. The van der Waals surface area contributed by atoms with Gasteiger partial charge in [-0.1, -0.05) is 60.7 Å². The van der Waals surface area contributed by atoms with E-state index in [9.17, 15) is 8.42 Å². The highest BCUT2D eigenvalue weighted by Crippen LogP contribution is 2.41. The molecule has 2 aromatic carbocycles. The van der Waals surface area contributed by atoms with Crippen LogP contribution in [-0.4, -0.2) is 56.4 Å². The fourth-order valence-corrected chi connectivity index (χ4v) is 5.99. The second kappa shape index (κ2) is 7.72. The molecule has 144 valence electrons. The molecule has 0 atom stereocenters. The number of morpholine rings is 1. The first-order valence-electron chi connectivity index (χ1n) is 9.57. The minimum Gasteiger partial charge on any atom is -0.379 e. The summed E-state index contributed by atoms with van der Waals surface area (Å²) in [7, 11) is -3.49. The number of nitrogens with zero attached hydrogens (tertiary/aromatic N) is 2. The van der Waals surface area contributed by atoms with E-state index in [1.54, 1.807) is 8.61 Å². The monoisotopic (exact) mass is 386 g/mol. The van der Waals surface area contributed by atoms with Gasteiger partial charge in [0.1, 0.15) is 0 Å². The predicted molar refractivity (Wildman–Crippen MR) is 106 cm³/mol. The molecule has 2 aliphatic rings. The van der Waals surface area contributed by atoms with Gasteiger partial charge < -0.3 is 4.74 Å². The van der Waals surface area contributed by atoms with E-state index in [-0.39, 0.29) is 5.41 Å². The molecule has 2 aliphatic heterocycles. The lowest BCUT2D eigenvalue weighted by Gasteiger charge is -2.44. The van der Waals surface area contributed by atoms with Crippen molar-refractivity contribution in [3.8, 4) is 0 Å². The zero-order valence-corrected chi connectivity index (χ0v) is 16.3. The zero-order valence-electron chi connectivity index (χ0n) is 15.5. The van der Waals surface area contributed by atoms with E-state index >= 15 is 0 Å². The number of benzene rings is 2. The summed E-state index contributed by atoms with van der Waals surface area (Å²) in [5.74, 6) is 0. The van der Waals surface area contributed by atoms with Gasteiger partial charge in [0.15, 0.2) is 0 Å². The Bertz CT molecular complexity index is 810. The fraction of sp³-hybridized carbons (Fsp3) is 0.429. The van der Waals surface area contributed by atoms with Crippen molar-refractivity contribution in [3.05, 3.63) is 71.8 Å². The minimum absolute atomic E-state index is 0.319. The van der Waals surface area contributed by atoms with Gasteiger partial charge in [-0.05, 0) is 24.0 Å². The molecule has 2 aromatic rings. The van der Waals surface area contributed by atoms with Crippen LogP contribution in [0.3, 0.4) is 0 Å². The van der Waals surface area contributed by atoms with Crippen molar-refractivity contribution in [1.29, 1.82) is 0 Å². The van der Waals surface area contributed by atoms with E-state index in [2.05, 4.69) is 24.3 Å². The van der Waals surface area contributed by atoms with Gasteiger partial charge in [0, 0.05) is 31.6 Å². The Morgan fingerprint density at radius 2 is 1.33 bits per heavy atom. The summed E-state index contributed by atoms with van der Waals surface area (Å²) in [5.41, 5.74) is 2.04. The molecule has 4 rings (SSSR count). The van der Waals surface area contributed by atoms with E-state index < -0.39 is 10.2 Å². The Morgan fingerprint density at radius 1 is 0.778 bits per heavy atom. The quantitative estimate of drug-likeness (QED) is 0.812. The van der Waals surface area contributed by atoms with Crippen molar-refractivity contribution in [1.82, 2.24) is 8.61 Å². The molecule has 0 aromatic heterocycles. The standard InChI is InChI=1S/C21H26N2O3S/c24-27(25,22-14-16-26-17-15-22)23-13-7-12-21(18-23,19-8-3-1-4-9-19)20-10-5-2-6-11-20/h1-6,8-11H,7,12-18H2. The molecule has 2 fully saturated rings. The van der Waals surface area contributed by atoms with Crippen LogP contribution in [-0.2, 0) is 20.4 Å². The Balaban J connectivity index is 1.72. The van der Waals surface area contributed by atoms with Gasteiger partial charge in [-0.3, -0.25) is 0 Å². The van der Waals surface area contributed by atoms with Gasteiger partial charge in [-0.2, -0.15) is 17.0 Å². The topological polar surface area (TPSA) is 49.9 Å². The summed E-state index contributed by atoms with van der Waals surface area (Å²) < 4.78 is 35.2. The lowest BCUT2D eigenvalue weighted by atomic mass is 9.70. The van der Waals surface area contributed by atoms with Crippen LogP contribution in [0, 0.1) is 0 Å². The molecule has 0 amide bonds. The highest BCUT2D eigenvalue weighted by molar-refractivity contribution is 7.86. The number of piperidine rings is 1. The molecule has 5 nitrogen and oxygen atoms in total. The molecule has 0 radical (unpaired) electrons. The van der Waals surface area contributed by atoms with E-state index in [0.717, 1.165) is 12.8 Å². The first-order chi connectivity index (χ1) is 13.1. The second-order valence-corrected chi connectivity index (χ2v) is 9.20. The maximum absolute atomic E-state index is 13.3. The van der Waals surface area contributed by atoms with Crippen molar-refractivity contribution < 1.29 is 13.2 Å². The second-order valence-electron chi connectivity index (χ2n) is 7.27. The zero-order chi connectivity index (χ0) is 18.7. The lowest BCUT2D eigenvalue weighted by molar-refractivity contribution is 0.0690. The highest BCUT2D eigenvalue weighted by Gasteiger charge is 2.43. The molecule has 0 unspecified atom stereocenters. The van der Waals surface area contributed by atoms with Gasteiger partial charge in [-0.25, -0.2) is 0 Å². The molecule has 2 heterocycles. The average molecular weight is 387 g/mol. The van der Waals surface area contributed by atoms with Crippen LogP contribution in [0.2, 0.25) is 0 Å². The molecule has 0 bridgehead atoms. The smallest absolute Gasteiger partial charge is 0.282 e. The molecule has 0 saturated carbocycles. The van der Waals surface area contributed by atoms with E-state index in [4.69, 9.17) is 4.74 Å². The molecule has 0 aliphatic carbocycles. The van der Waals surface area contributed by atoms with Gasteiger partial charge in [-0.15, -0.1) is 0 Å². The van der Waals surface area contributed by atoms with Crippen molar-refractivity contribution >= 4 is 10.2 Å². The van der Waals surface area contributed by atoms with E-state index in [1.807, 2.05) is 36.4 Å². The SMILES string of the molecule is O=S(=O)(N1CCOCC1)N1CCCC(c2ccccc2)(c2ccccc2)C1. The van der Waals surface area contributed by atoms with Crippen molar-refractivity contribution in [2.24, 2.45) is 0 Å². The van der Waals surface area contributed by atoms with Crippen LogP contribution >= 0.6 is 0 Å². The Morgan fingerprint density at radius 3 is 1.89 bits per heavy atom. The summed E-state index contributed by atoms with van der Waals surface area (Å²) in [6.45, 7) is 2.85. The third-order valence-electron chi connectivity index (χ3n) is 5.73. The van der Waals surface area contributed by atoms with E-state index in [0.29, 0.717) is 39.4 Å². The fourth-order valence-electron chi connectivity index (χ4n) is 4.31. The highest BCUT2D eigenvalue weighted by atomic mass is 32.2. The van der Waals surface area contributed by atoms with Crippen molar-refractivity contribution in [3.63, 3.8) is 0 Å². The molecular formula is C21H26N2O3S. The Labute approximate surface area is 161 Å². The van der Waals surface area contributed by atoms with Crippen molar-refractivity contribution in [2.45, 2.75) is 18.3 Å². The number of hydrogen-bond donors (Lipinski definition) is 0. The number of hydrogen-bond acceptors (Lipinski definition) is 3. The van der Waals surface area contributed by atoms with Crippen LogP contribution in [0.15, 0.2) is 60.7 Å². The normalized spacial score (nSPS) is 21.8. The molecule has 6 heteroatoms. The molecule has 2 saturated heterocycles. The van der Waals surface area contributed by atoms with Gasteiger partial charge in [0.25, 0.3) is 10.2 Å². The van der Waals surface area contributed by atoms with Gasteiger partial charge >= 0.3 is 0 Å². The lowest BCUT2D eigenvalue weighted by Crippen LogP contribution is -2.55. The van der Waals surface area contributed by atoms with Crippen molar-refractivity contribution in [2.75, 3.05) is 39.4 Å². The summed E-state index contributed by atoms with van der Waals surface area (Å²) in [6.07, 6.45) is 1.78. The van der Waals surface area contributed by atoms with Crippen LogP contribution in [0.25, 0.3) is 0 Å². The summed E-state index contributed by atoms with van der Waals surface area (Å²) in [6, 6.07) is 20.7. The minimum atomic E-state index is -3.49. The first-order valence-corrected chi connectivity index (χ1v) is 11.0. The molecular weight excluding hydrogens is 360 g/mol. The van der Waals surface area contributed by atoms with E-state index in [1.165, 1.54) is 11.1 Å². The maximum atomic E-state index is 13.3.